The Labute approximate surface area is 167 Å². The first-order valence-electron chi connectivity index (χ1n) is 8.60. The zero-order valence-electron chi connectivity index (χ0n) is 14.8. The molecule has 1 aliphatic carbocycles. The van der Waals surface area contributed by atoms with Gasteiger partial charge in [-0.05, 0) is 48.9 Å². The van der Waals surface area contributed by atoms with Crippen molar-refractivity contribution in [2.45, 2.75) is 23.8 Å². The number of nitrogens with one attached hydrogen (secondary N) is 2. The molecule has 28 heavy (non-hydrogen) atoms. The van der Waals surface area contributed by atoms with E-state index in [1.807, 2.05) is 24.3 Å². The van der Waals surface area contributed by atoms with Crippen LogP contribution in [-0.4, -0.2) is 20.4 Å². The van der Waals surface area contributed by atoms with Gasteiger partial charge in [0.15, 0.2) is 0 Å². The third-order valence-corrected chi connectivity index (χ3v) is 6.59. The van der Waals surface area contributed by atoms with E-state index in [0.29, 0.717) is 16.1 Å². The van der Waals surface area contributed by atoms with Crippen molar-refractivity contribution in [2.75, 3.05) is 0 Å². The summed E-state index contributed by atoms with van der Waals surface area (Å²) in [5.74, 6) is 0.196. The van der Waals surface area contributed by atoms with Crippen molar-refractivity contribution in [1.29, 1.82) is 0 Å². The van der Waals surface area contributed by atoms with Gasteiger partial charge in [0.05, 0.1) is 4.90 Å². The predicted molar refractivity (Wildman–Crippen MR) is 106 cm³/mol. The maximum Gasteiger partial charge on any atom is 0.266 e. The Morgan fingerprint density at radius 3 is 2.75 bits per heavy atom. The number of hydrazine groups is 1. The van der Waals surface area contributed by atoms with Crippen LogP contribution < -0.4 is 15.0 Å². The molecule has 1 amide bonds. The highest BCUT2D eigenvalue weighted by Gasteiger charge is 2.32. The number of halogens is 1. The molecule has 2 N–H and O–H groups in total. The number of hydrogen-bond donors (Lipinski definition) is 2. The highest BCUT2D eigenvalue weighted by atomic mass is 35.5. The number of ether oxygens (including phenoxy) is 1. The van der Waals surface area contributed by atoms with Crippen LogP contribution >= 0.6 is 11.6 Å². The Bertz CT molecular complexity index is 1130. The second kappa shape index (κ2) is 7.09. The van der Waals surface area contributed by atoms with E-state index in [9.17, 15) is 13.2 Å². The van der Waals surface area contributed by atoms with E-state index >= 15 is 0 Å². The second-order valence-electron chi connectivity index (χ2n) is 6.55. The van der Waals surface area contributed by atoms with E-state index in [0.717, 1.165) is 11.3 Å². The Kier molecular flexibility index (Phi) is 4.74. The number of carbonyl (C=O) groups is 1. The summed E-state index contributed by atoms with van der Waals surface area (Å²) < 4.78 is 30.8. The molecular formula is C20H17ClN2O4S. The number of carbonyl (C=O) groups excluding carboxylic acids is 1. The molecule has 0 aromatic heterocycles. The van der Waals surface area contributed by atoms with Gasteiger partial charge in [-0.1, -0.05) is 35.9 Å². The monoisotopic (exact) mass is 416 g/mol. The van der Waals surface area contributed by atoms with Crippen LogP contribution in [0.4, 0.5) is 0 Å². The van der Waals surface area contributed by atoms with Crippen LogP contribution in [0.1, 0.15) is 27.4 Å². The highest BCUT2D eigenvalue weighted by Crippen LogP contribution is 2.41. The number of fused-ring (bicyclic) bond motifs is 3. The van der Waals surface area contributed by atoms with E-state index in [2.05, 4.69) is 10.3 Å². The fourth-order valence-corrected chi connectivity index (χ4v) is 4.64. The molecule has 0 fully saturated rings. The van der Waals surface area contributed by atoms with E-state index in [1.165, 1.54) is 12.1 Å². The number of allylic oxidation sites excluding steroid dienone is 2. The standard InChI is InChI=1S/C20H17ClN2O4S/c1-12-16(21)6-4-8-19(12)28(25,26)23-22-20(24)13-9-10-18-15(11-13)14-5-2-3-7-17(14)27-18/h2-11,14,17,23H,1H3,(H,22,24). The quantitative estimate of drug-likeness (QED) is 0.749. The van der Waals surface area contributed by atoms with Crippen LogP contribution in [0.2, 0.25) is 5.02 Å². The summed E-state index contributed by atoms with van der Waals surface area (Å²) in [4.78, 5) is 14.6. The smallest absolute Gasteiger partial charge is 0.266 e. The van der Waals surface area contributed by atoms with Crippen molar-refractivity contribution in [3.63, 3.8) is 0 Å². The van der Waals surface area contributed by atoms with Crippen LogP contribution in [0.5, 0.6) is 5.75 Å². The Morgan fingerprint density at radius 2 is 1.93 bits per heavy atom. The van der Waals surface area contributed by atoms with Crippen molar-refractivity contribution in [3.05, 3.63) is 82.4 Å². The summed E-state index contributed by atoms with van der Waals surface area (Å²) in [7, 11) is -3.96. The maximum atomic E-state index is 12.5. The SMILES string of the molecule is Cc1c(Cl)cccc1S(=O)(=O)NNC(=O)c1ccc2c(c1)C1C=CC=CC1O2. The largest absolute Gasteiger partial charge is 0.485 e. The summed E-state index contributed by atoms with van der Waals surface area (Å²) in [6.45, 7) is 1.60. The van der Waals surface area contributed by atoms with Gasteiger partial charge >= 0.3 is 0 Å². The molecule has 8 heteroatoms. The first-order valence-corrected chi connectivity index (χ1v) is 10.5. The molecule has 1 aliphatic heterocycles. The minimum absolute atomic E-state index is 0.00428. The van der Waals surface area contributed by atoms with Crippen molar-refractivity contribution in [1.82, 2.24) is 10.3 Å². The molecule has 0 radical (unpaired) electrons. The summed E-state index contributed by atoms with van der Waals surface area (Å²) >= 11 is 5.99. The molecule has 144 valence electrons. The molecule has 0 bridgehead atoms. The van der Waals surface area contributed by atoms with Crippen LogP contribution in [0.3, 0.4) is 0 Å². The van der Waals surface area contributed by atoms with Gasteiger partial charge in [0.2, 0.25) is 0 Å². The van der Waals surface area contributed by atoms with Gasteiger partial charge in [0.25, 0.3) is 15.9 Å². The molecule has 4 rings (SSSR count). The number of benzene rings is 2. The van der Waals surface area contributed by atoms with Crippen molar-refractivity contribution in [2.24, 2.45) is 0 Å². The van der Waals surface area contributed by atoms with Crippen molar-refractivity contribution >= 4 is 27.5 Å². The predicted octanol–water partition coefficient (Wildman–Crippen LogP) is 3.24. The summed E-state index contributed by atoms with van der Waals surface area (Å²) in [5, 5.41) is 0.331. The third-order valence-electron chi connectivity index (χ3n) is 4.78. The topological polar surface area (TPSA) is 84.5 Å². The minimum Gasteiger partial charge on any atom is -0.485 e. The van der Waals surface area contributed by atoms with Crippen LogP contribution in [0.25, 0.3) is 0 Å². The molecular weight excluding hydrogens is 400 g/mol. The lowest BCUT2D eigenvalue weighted by Crippen LogP contribution is -2.41. The van der Waals surface area contributed by atoms with Crippen LogP contribution in [-0.2, 0) is 10.0 Å². The van der Waals surface area contributed by atoms with Gasteiger partial charge in [-0.25, -0.2) is 8.42 Å². The summed E-state index contributed by atoms with van der Waals surface area (Å²) in [6, 6.07) is 9.60. The Morgan fingerprint density at radius 1 is 1.14 bits per heavy atom. The number of rotatable bonds is 4. The summed E-state index contributed by atoms with van der Waals surface area (Å²) in [5.41, 5.74) is 3.89. The van der Waals surface area contributed by atoms with Crippen LogP contribution in [0, 0.1) is 6.92 Å². The molecule has 6 nitrogen and oxygen atoms in total. The van der Waals surface area contributed by atoms with Gasteiger partial charge in [-0.2, -0.15) is 0 Å². The lowest BCUT2D eigenvalue weighted by atomic mass is 9.91. The molecule has 2 aliphatic rings. The molecule has 2 aromatic rings. The van der Waals surface area contributed by atoms with E-state index in [1.54, 1.807) is 31.2 Å². The van der Waals surface area contributed by atoms with Gasteiger partial charge in [0.1, 0.15) is 11.9 Å². The zero-order valence-corrected chi connectivity index (χ0v) is 16.4. The fraction of sp³-hybridized carbons (Fsp3) is 0.150. The zero-order chi connectivity index (χ0) is 19.9. The lowest BCUT2D eigenvalue weighted by Gasteiger charge is -2.14. The van der Waals surface area contributed by atoms with Gasteiger partial charge in [-0.3, -0.25) is 10.2 Å². The third kappa shape index (κ3) is 3.32. The van der Waals surface area contributed by atoms with Gasteiger partial charge in [0, 0.05) is 22.1 Å². The van der Waals surface area contributed by atoms with Crippen molar-refractivity contribution < 1.29 is 17.9 Å². The molecule has 0 saturated heterocycles. The first kappa shape index (κ1) is 18.7. The molecule has 2 aromatic carbocycles. The molecule has 0 saturated carbocycles. The van der Waals surface area contributed by atoms with E-state index < -0.39 is 15.9 Å². The van der Waals surface area contributed by atoms with Gasteiger partial charge < -0.3 is 4.74 Å². The number of sulfonamides is 1. The highest BCUT2D eigenvalue weighted by molar-refractivity contribution is 7.89. The maximum absolute atomic E-state index is 12.5. The Hall–Kier alpha value is -2.61. The van der Waals surface area contributed by atoms with E-state index in [-0.39, 0.29) is 16.9 Å². The second-order valence-corrected chi connectivity index (χ2v) is 8.61. The average molecular weight is 417 g/mol. The number of amides is 1. The molecule has 0 spiro atoms. The first-order chi connectivity index (χ1) is 13.4. The lowest BCUT2D eigenvalue weighted by molar-refractivity contribution is 0.0945. The number of hydrogen-bond acceptors (Lipinski definition) is 4. The molecule has 1 heterocycles. The summed E-state index contributed by atoms with van der Waals surface area (Å²) in [6.07, 6.45) is 7.76. The minimum atomic E-state index is -3.96. The molecule has 2 unspecified atom stereocenters. The Balaban J connectivity index is 1.52. The van der Waals surface area contributed by atoms with Crippen LogP contribution in [0.15, 0.2) is 65.6 Å². The normalized spacial score (nSPS) is 19.6. The molecule has 2 atom stereocenters. The van der Waals surface area contributed by atoms with Crippen molar-refractivity contribution in [3.8, 4) is 5.75 Å². The van der Waals surface area contributed by atoms with Gasteiger partial charge in [-0.15, -0.1) is 4.83 Å². The van der Waals surface area contributed by atoms with E-state index in [4.69, 9.17) is 16.3 Å². The average Bonchev–Trinajstić information content (AvgIpc) is 3.06. The fourth-order valence-electron chi connectivity index (χ4n) is 3.30.